The average molecular weight is 275 g/mol. The number of rotatable bonds is 3. The highest BCUT2D eigenvalue weighted by molar-refractivity contribution is 5.86. The molecule has 1 saturated heterocycles. The number of anilines is 1. The lowest BCUT2D eigenvalue weighted by molar-refractivity contribution is -0.137. The molecule has 0 bridgehead atoms. The normalized spacial score (nSPS) is 22.5. The topological polar surface area (TPSA) is 75.4 Å². The molecule has 6 nitrogen and oxygen atoms in total. The van der Waals surface area contributed by atoms with Crippen molar-refractivity contribution in [2.75, 3.05) is 31.1 Å². The molecule has 2 fully saturated rings. The van der Waals surface area contributed by atoms with Gasteiger partial charge in [-0.25, -0.2) is 4.98 Å². The number of piperazine rings is 1. The third-order valence-corrected chi connectivity index (χ3v) is 4.33. The fourth-order valence-corrected chi connectivity index (χ4v) is 2.79. The van der Waals surface area contributed by atoms with Crippen LogP contribution in [-0.4, -0.2) is 52.5 Å². The summed E-state index contributed by atoms with van der Waals surface area (Å²) >= 11 is 0. The van der Waals surface area contributed by atoms with Crippen molar-refractivity contribution in [1.82, 2.24) is 14.9 Å². The van der Waals surface area contributed by atoms with E-state index >= 15 is 0 Å². The van der Waals surface area contributed by atoms with Gasteiger partial charge in [-0.15, -0.1) is 0 Å². The molecular formula is C14H21N5O. The molecule has 1 aromatic rings. The first-order chi connectivity index (χ1) is 9.59. The number of hydrogen-bond acceptors (Lipinski definition) is 5. The van der Waals surface area contributed by atoms with E-state index in [0.717, 1.165) is 31.7 Å². The highest BCUT2D eigenvalue weighted by atomic mass is 16.2. The van der Waals surface area contributed by atoms with Gasteiger partial charge in [-0.05, 0) is 25.7 Å². The molecule has 1 aromatic heterocycles. The Morgan fingerprint density at radius 1 is 1.30 bits per heavy atom. The van der Waals surface area contributed by atoms with Gasteiger partial charge in [0.15, 0.2) is 0 Å². The second-order valence-electron chi connectivity index (χ2n) is 5.90. The van der Waals surface area contributed by atoms with E-state index in [0.29, 0.717) is 19.0 Å². The zero-order valence-corrected chi connectivity index (χ0v) is 11.8. The Morgan fingerprint density at radius 2 is 2.00 bits per heavy atom. The molecule has 0 radical (unpaired) electrons. The smallest absolute Gasteiger partial charge is 0.242 e. The monoisotopic (exact) mass is 275 g/mol. The SMILES string of the molecule is CC(N)(C(=O)N1CCN(c2cnccn2)CC1)C1CC1. The highest BCUT2D eigenvalue weighted by Crippen LogP contribution is 2.39. The van der Waals surface area contributed by atoms with Crippen molar-refractivity contribution in [3.63, 3.8) is 0 Å². The van der Waals surface area contributed by atoms with Crippen molar-refractivity contribution >= 4 is 11.7 Å². The van der Waals surface area contributed by atoms with Crippen LogP contribution in [0.1, 0.15) is 19.8 Å². The van der Waals surface area contributed by atoms with Crippen molar-refractivity contribution in [2.24, 2.45) is 11.7 Å². The van der Waals surface area contributed by atoms with Gasteiger partial charge >= 0.3 is 0 Å². The maximum absolute atomic E-state index is 12.5. The molecular weight excluding hydrogens is 254 g/mol. The molecule has 1 unspecified atom stereocenters. The van der Waals surface area contributed by atoms with Crippen LogP contribution in [-0.2, 0) is 4.79 Å². The first-order valence-corrected chi connectivity index (χ1v) is 7.18. The van der Waals surface area contributed by atoms with Gasteiger partial charge in [-0.2, -0.15) is 0 Å². The zero-order valence-electron chi connectivity index (χ0n) is 11.8. The molecule has 1 atom stereocenters. The number of nitrogens with two attached hydrogens (primary N) is 1. The second-order valence-corrected chi connectivity index (χ2v) is 5.90. The molecule has 0 spiro atoms. The summed E-state index contributed by atoms with van der Waals surface area (Å²) in [6.45, 7) is 4.85. The minimum atomic E-state index is -0.686. The van der Waals surface area contributed by atoms with Crippen molar-refractivity contribution in [3.05, 3.63) is 18.6 Å². The largest absolute Gasteiger partial charge is 0.352 e. The van der Waals surface area contributed by atoms with Gasteiger partial charge in [0.25, 0.3) is 0 Å². The molecule has 0 aromatic carbocycles. The standard InChI is InChI=1S/C14H21N5O/c1-14(15,11-2-3-11)13(20)19-8-6-18(7-9-19)12-10-16-4-5-17-12/h4-5,10-11H,2-3,6-9,15H2,1H3. The Hall–Kier alpha value is -1.69. The lowest BCUT2D eigenvalue weighted by Gasteiger charge is -2.38. The molecule has 108 valence electrons. The van der Waals surface area contributed by atoms with Crippen molar-refractivity contribution in [3.8, 4) is 0 Å². The van der Waals surface area contributed by atoms with Crippen LogP contribution in [0.4, 0.5) is 5.82 Å². The number of aromatic nitrogens is 2. The number of carbonyl (C=O) groups excluding carboxylic acids is 1. The molecule has 2 aliphatic rings. The van der Waals surface area contributed by atoms with Crippen LogP contribution in [0.15, 0.2) is 18.6 Å². The van der Waals surface area contributed by atoms with Crippen molar-refractivity contribution < 1.29 is 4.79 Å². The second kappa shape index (κ2) is 5.01. The third-order valence-electron chi connectivity index (χ3n) is 4.33. The van der Waals surface area contributed by atoms with Crippen LogP contribution in [0.5, 0.6) is 0 Å². The molecule has 2 N–H and O–H groups in total. The fraction of sp³-hybridized carbons (Fsp3) is 0.643. The van der Waals surface area contributed by atoms with Gasteiger partial charge in [0.1, 0.15) is 5.82 Å². The first-order valence-electron chi connectivity index (χ1n) is 7.18. The molecule has 1 saturated carbocycles. The Labute approximate surface area is 119 Å². The summed E-state index contributed by atoms with van der Waals surface area (Å²) in [5.74, 6) is 1.34. The quantitative estimate of drug-likeness (QED) is 0.856. The number of carbonyl (C=O) groups is 1. The Balaban J connectivity index is 1.60. The van der Waals surface area contributed by atoms with E-state index in [4.69, 9.17) is 5.73 Å². The first kappa shape index (κ1) is 13.3. The van der Waals surface area contributed by atoms with E-state index in [1.165, 1.54) is 0 Å². The Bertz CT molecular complexity index is 478. The summed E-state index contributed by atoms with van der Waals surface area (Å²) in [5.41, 5.74) is 5.53. The van der Waals surface area contributed by atoms with E-state index in [9.17, 15) is 4.79 Å². The van der Waals surface area contributed by atoms with Gasteiger partial charge < -0.3 is 15.5 Å². The van der Waals surface area contributed by atoms with Crippen LogP contribution in [0, 0.1) is 5.92 Å². The van der Waals surface area contributed by atoms with Crippen LogP contribution < -0.4 is 10.6 Å². The maximum Gasteiger partial charge on any atom is 0.242 e. The highest BCUT2D eigenvalue weighted by Gasteiger charge is 2.46. The van der Waals surface area contributed by atoms with Gasteiger partial charge in [-0.1, -0.05) is 0 Å². The van der Waals surface area contributed by atoms with E-state index < -0.39 is 5.54 Å². The fourth-order valence-electron chi connectivity index (χ4n) is 2.79. The number of amides is 1. The minimum absolute atomic E-state index is 0.0961. The molecule has 1 amide bonds. The summed E-state index contributed by atoms with van der Waals surface area (Å²) in [4.78, 5) is 24.9. The van der Waals surface area contributed by atoms with Gasteiger partial charge in [-0.3, -0.25) is 9.78 Å². The zero-order chi connectivity index (χ0) is 14.2. The predicted molar refractivity (Wildman–Crippen MR) is 76.1 cm³/mol. The van der Waals surface area contributed by atoms with Gasteiger partial charge in [0, 0.05) is 38.6 Å². The van der Waals surface area contributed by atoms with Crippen LogP contribution in [0.25, 0.3) is 0 Å². The predicted octanol–water partition coefficient (Wildman–Crippen LogP) is 0.253. The molecule has 20 heavy (non-hydrogen) atoms. The Kier molecular flexibility index (Phi) is 3.33. The summed E-state index contributed by atoms with van der Waals surface area (Å²) in [5, 5.41) is 0. The number of nitrogens with zero attached hydrogens (tertiary/aromatic N) is 4. The van der Waals surface area contributed by atoms with Crippen molar-refractivity contribution in [1.29, 1.82) is 0 Å². The Morgan fingerprint density at radius 3 is 2.55 bits per heavy atom. The summed E-state index contributed by atoms with van der Waals surface area (Å²) in [6, 6.07) is 0. The summed E-state index contributed by atoms with van der Waals surface area (Å²) in [6.07, 6.45) is 7.28. The number of hydrogen-bond donors (Lipinski definition) is 1. The van der Waals surface area contributed by atoms with E-state index in [-0.39, 0.29) is 5.91 Å². The summed E-state index contributed by atoms with van der Waals surface area (Å²) < 4.78 is 0. The van der Waals surface area contributed by atoms with Crippen LogP contribution >= 0.6 is 0 Å². The average Bonchev–Trinajstić information content (AvgIpc) is 3.33. The molecule has 2 heterocycles. The van der Waals surface area contributed by atoms with Crippen molar-refractivity contribution in [2.45, 2.75) is 25.3 Å². The van der Waals surface area contributed by atoms with Gasteiger partial charge in [0.05, 0.1) is 11.7 Å². The van der Waals surface area contributed by atoms with Gasteiger partial charge in [0.2, 0.25) is 5.91 Å². The van der Waals surface area contributed by atoms with Crippen LogP contribution in [0.2, 0.25) is 0 Å². The lowest BCUT2D eigenvalue weighted by Crippen LogP contribution is -2.59. The van der Waals surface area contributed by atoms with E-state index in [1.54, 1.807) is 18.6 Å². The van der Waals surface area contributed by atoms with E-state index in [1.807, 2.05) is 11.8 Å². The lowest BCUT2D eigenvalue weighted by atomic mass is 9.95. The molecule has 1 aliphatic heterocycles. The van der Waals surface area contributed by atoms with Crippen LogP contribution in [0.3, 0.4) is 0 Å². The minimum Gasteiger partial charge on any atom is -0.352 e. The molecule has 6 heteroatoms. The molecule has 1 aliphatic carbocycles. The summed E-state index contributed by atoms with van der Waals surface area (Å²) in [7, 11) is 0. The third kappa shape index (κ3) is 2.47. The van der Waals surface area contributed by atoms with E-state index in [2.05, 4.69) is 14.9 Å². The maximum atomic E-state index is 12.5. The molecule has 3 rings (SSSR count).